The highest BCUT2D eigenvalue weighted by molar-refractivity contribution is 6.03. The van der Waals surface area contributed by atoms with Gasteiger partial charge in [-0.2, -0.15) is 23.7 Å². The molecule has 0 unspecified atom stereocenters. The van der Waals surface area contributed by atoms with E-state index in [1.807, 2.05) is 54.6 Å². The van der Waals surface area contributed by atoms with E-state index in [4.69, 9.17) is 10.5 Å². The van der Waals surface area contributed by atoms with Gasteiger partial charge < -0.3 is 31.5 Å². The van der Waals surface area contributed by atoms with Crippen molar-refractivity contribution in [2.75, 3.05) is 21.3 Å². The summed E-state index contributed by atoms with van der Waals surface area (Å²) >= 11 is 0. The van der Waals surface area contributed by atoms with Crippen LogP contribution in [-0.2, 0) is 6.18 Å². The number of nitriles is 2. The van der Waals surface area contributed by atoms with Crippen LogP contribution in [-0.4, -0.2) is 22.3 Å². The average molecular weight is 651 g/mol. The number of phenols is 2. The zero-order valence-corrected chi connectivity index (χ0v) is 24.7. The lowest BCUT2D eigenvalue weighted by atomic mass is 10.0. The van der Waals surface area contributed by atoms with E-state index in [-0.39, 0.29) is 33.9 Å². The molecule has 0 aliphatic carbocycles. The summed E-state index contributed by atoms with van der Waals surface area (Å²) in [4.78, 5) is 24.1. The highest BCUT2D eigenvalue weighted by atomic mass is 19.4. The molecule has 0 heterocycles. The number of alkyl halides is 3. The number of carbonyl (C=O) groups excluding carboxylic acids is 2. The van der Waals surface area contributed by atoms with Crippen LogP contribution in [0.5, 0.6) is 11.5 Å². The quantitative estimate of drug-likeness (QED) is 0.104. The molecular weight excluding hydrogens is 625 g/mol. The number of anilines is 4. The van der Waals surface area contributed by atoms with Crippen molar-refractivity contribution in [1.82, 2.24) is 0 Å². The lowest BCUT2D eigenvalue weighted by molar-refractivity contribution is -0.137. The number of carbonyl (C=O) groups is 2. The Hall–Kier alpha value is -6.99. The first kappa shape index (κ1) is 33.9. The van der Waals surface area contributed by atoms with Crippen molar-refractivity contribution in [3.63, 3.8) is 0 Å². The van der Waals surface area contributed by atoms with E-state index in [0.29, 0.717) is 5.69 Å². The van der Waals surface area contributed by atoms with Gasteiger partial charge in [-0.25, -0.2) is 9.59 Å². The van der Waals surface area contributed by atoms with Crippen molar-refractivity contribution >= 4 is 34.8 Å². The number of hydrogen-bond donors (Lipinski definition) is 6. The first-order valence-electron chi connectivity index (χ1n) is 13.9. The van der Waals surface area contributed by atoms with Crippen LogP contribution < -0.4 is 21.3 Å². The third-order valence-electron chi connectivity index (χ3n) is 6.52. The minimum atomic E-state index is -4.52. The van der Waals surface area contributed by atoms with Crippen LogP contribution in [0, 0.1) is 22.7 Å². The molecule has 0 atom stereocenters. The molecule has 13 heteroatoms. The second-order valence-electron chi connectivity index (χ2n) is 9.78. The maximum Gasteiger partial charge on any atom is 0.416 e. The Morgan fingerprint density at radius 2 is 1.06 bits per heavy atom. The zero-order valence-electron chi connectivity index (χ0n) is 24.7. The van der Waals surface area contributed by atoms with Crippen molar-refractivity contribution in [2.45, 2.75) is 6.18 Å². The number of aromatic hydroxyl groups is 2. The summed E-state index contributed by atoms with van der Waals surface area (Å²) in [6.07, 6.45) is -4.52. The molecule has 0 bridgehead atoms. The van der Waals surface area contributed by atoms with Gasteiger partial charge in [0.05, 0.1) is 33.8 Å². The van der Waals surface area contributed by atoms with Crippen molar-refractivity contribution < 1.29 is 33.0 Å². The topological polar surface area (TPSA) is 170 Å². The number of halogens is 3. The van der Waals surface area contributed by atoms with E-state index in [1.54, 1.807) is 18.2 Å². The molecule has 0 aliphatic heterocycles. The molecule has 0 saturated heterocycles. The molecule has 5 rings (SSSR count). The van der Waals surface area contributed by atoms with Gasteiger partial charge in [0.25, 0.3) is 0 Å². The van der Waals surface area contributed by atoms with Crippen LogP contribution in [0.1, 0.15) is 16.7 Å². The largest absolute Gasteiger partial charge is 0.504 e. The van der Waals surface area contributed by atoms with Crippen molar-refractivity contribution in [3.05, 3.63) is 132 Å². The molecule has 5 aromatic carbocycles. The fourth-order valence-electron chi connectivity index (χ4n) is 4.26. The molecule has 6 N–H and O–H groups in total. The van der Waals surface area contributed by atoms with Gasteiger partial charge in [-0.15, -0.1) is 0 Å². The number of nitrogens with zero attached hydrogens (tertiary/aromatic N) is 2. The summed E-state index contributed by atoms with van der Waals surface area (Å²) in [5.74, 6) is -0.675. The molecule has 48 heavy (non-hydrogen) atoms. The van der Waals surface area contributed by atoms with E-state index >= 15 is 0 Å². The second-order valence-corrected chi connectivity index (χ2v) is 9.78. The minimum Gasteiger partial charge on any atom is -0.504 e. The molecule has 0 spiro atoms. The van der Waals surface area contributed by atoms with Crippen LogP contribution >= 0.6 is 0 Å². The Labute approximate surface area is 272 Å². The number of phenolic OH excluding ortho intramolecular Hbond substituents is 2. The fourth-order valence-corrected chi connectivity index (χ4v) is 4.26. The summed E-state index contributed by atoms with van der Waals surface area (Å²) < 4.78 is 37.8. The predicted molar refractivity (Wildman–Crippen MR) is 174 cm³/mol. The van der Waals surface area contributed by atoms with E-state index < -0.39 is 29.6 Å². The van der Waals surface area contributed by atoms with E-state index in [9.17, 15) is 33.0 Å². The first-order chi connectivity index (χ1) is 23.0. The van der Waals surface area contributed by atoms with Gasteiger partial charge >= 0.3 is 18.2 Å². The number of hydrogen-bond acceptors (Lipinski definition) is 6. The van der Waals surface area contributed by atoms with Crippen LogP contribution in [0.2, 0.25) is 0 Å². The Balaban J connectivity index is 0.000000218. The summed E-state index contributed by atoms with van der Waals surface area (Å²) in [5.41, 5.74) is 1.74. The predicted octanol–water partition coefficient (Wildman–Crippen LogP) is 8.50. The van der Waals surface area contributed by atoms with Crippen LogP contribution in [0.4, 0.5) is 45.5 Å². The number of para-hydroxylation sites is 3. The molecule has 0 aromatic heterocycles. The van der Waals surface area contributed by atoms with Crippen molar-refractivity contribution in [2.24, 2.45) is 0 Å². The van der Waals surface area contributed by atoms with Gasteiger partial charge in [-0.1, -0.05) is 66.7 Å². The van der Waals surface area contributed by atoms with E-state index in [0.717, 1.165) is 29.3 Å². The molecule has 4 amide bonds. The Morgan fingerprint density at radius 3 is 1.62 bits per heavy atom. The van der Waals surface area contributed by atoms with Gasteiger partial charge in [-0.05, 0) is 54.1 Å². The van der Waals surface area contributed by atoms with Crippen LogP contribution in [0.25, 0.3) is 11.1 Å². The molecule has 0 aliphatic rings. The average Bonchev–Trinajstić information content (AvgIpc) is 3.07. The van der Waals surface area contributed by atoms with Gasteiger partial charge in [0.1, 0.15) is 12.1 Å². The molecule has 10 nitrogen and oxygen atoms in total. The lowest BCUT2D eigenvalue weighted by Crippen LogP contribution is -2.20. The highest BCUT2D eigenvalue weighted by Gasteiger charge is 2.30. The maximum absolute atomic E-state index is 12.6. The standard InChI is InChI=1S/C20H15N3O2.C15H10F3N3O2/c21-13-15-9-6-12-18(19(15)24)23-20(25)22-17-11-5-4-10-16(17)14-7-2-1-3-8-14;16-15(17,18)10-4-2-5-11(7-10)20-14(23)21-12-6-1-3-9(8-19)13(12)22/h1-12,24H,(H2,22,23,25);1-7,22H,(H2,20,21,23). The summed E-state index contributed by atoms with van der Waals surface area (Å²) in [6.45, 7) is 0. The summed E-state index contributed by atoms with van der Waals surface area (Å²) in [5, 5.41) is 47.2. The van der Waals surface area contributed by atoms with E-state index in [2.05, 4.69) is 21.3 Å². The van der Waals surface area contributed by atoms with Gasteiger partial charge in [-0.3, -0.25) is 0 Å². The van der Waals surface area contributed by atoms with Crippen molar-refractivity contribution in [3.8, 4) is 34.8 Å². The monoisotopic (exact) mass is 650 g/mol. The van der Waals surface area contributed by atoms with E-state index in [1.165, 1.54) is 36.4 Å². The number of urea groups is 2. The minimum absolute atomic E-state index is 0.0338. The van der Waals surface area contributed by atoms with Crippen molar-refractivity contribution in [1.29, 1.82) is 10.5 Å². The number of benzene rings is 5. The Morgan fingerprint density at radius 1 is 0.583 bits per heavy atom. The SMILES string of the molecule is N#Cc1cccc(NC(=O)Nc2cccc(C(F)(F)F)c2)c1O.N#Cc1cccc(NC(=O)Nc2ccccc2-c2ccccc2)c1O. The van der Waals surface area contributed by atoms with Gasteiger partial charge in [0.15, 0.2) is 11.5 Å². The Bertz CT molecular complexity index is 2020. The van der Waals surface area contributed by atoms with Gasteiger partial charge in [0, 0.05) is 11.3 Å². The normalized spacial score (nSPS) is 10.3. The first-order valence-corrected chi connectivity index (χ1v) is 13.9. The smallest absolute Gasteiger partial charge is 0.416 e. The van der Waals surface area contributed by atoms with Gasteiger partial charge in [0.2, 0.25) is 0 Å². The summed E-state index contributed by atoms with van der Waals surface area (Å²) in [6, 6.07) is 32.2. The lowest BCUT2D eigenvalue weighted by Gasteiger charge is -2.13. The van der Waals surface area contributed by atoms with Crippen LogP contribution in [0.3, 0.4) is 0 Å². The fraction of sp³-hybridized carbons (Fsp3) is 0.0286. The molecule has 240 valence electrons. The summed E-state index contributed by atoms with van der Waals surface area (Å²) in [7, 11) is 0. The molecule has 0 fully saturated rings. The molecule has 0 saturated carbocycles. The molecule has 5 aromatic rings. The number of amides is 4. The maximum atomic E-state index is 12.6. The number of rotatable bonds is 5. The third-order valence-corrected chi connectivity index (χ3v) is 6.52. The highest BCUT2D eigenvalue weighted by Crippen LogP contribution is 2.32. The second kappa shape index (κ2) is 15.3. The number of nitrogens with one attached hydrogen (secondary N) is 4. The Kier molecular flexibility index (Phi) is 10.8. The third kappa shape index (κ3) is 8.80. The molecular formula is C35H25F3N6O4. The zero-order chi connectivity index (χ0) is 34.7. The molecule has 0 radical (unpaired) electrons. The van der Waals surface area contributed by atoms with Crippen LogP contribution in [0.15, 0.2) is 115 Å².